The Hall–Kier alpha value is -1.77. The van der Waals surface area contributed by atoms with E-state index in [0.717, 1.165) is 43.4 Å². The van der Waals surface area contributed by atoms with Gasteiger partial charge in [-0.1, -0.05) is 24.3 Å². The number of fused-ring (bicyclic) bond motifs is 1. The van der Waals surface area contributed by atoms with Gasteiger partial charge in [-0.15, -0.1) is 0 Å². The first-order chi connectivity index (χ1) is 10.1. The molecule has 1 aromatic rings. The number of carbonyl (C=O) groups is 1. The van der Waals surface area contributed by atoms with Crippen molar-refractivity contribution in [3.63, 3.8) is 0 Å². The molecule has 2 aliphatic rings. The minimum absolute atomic E-state index is 0.0407. The second-order valence-corrected chi connectivity index (χ2v) is 6.18. The van der Waals surface area contributed by atoms with Gasteiger partial charge >= 0.3 is 5.97 Å². The fourth-order valence-electron chi connectivity index (χ4n) is 3.51. The van der Waals surface area contributed by atoms with Crippen LogP contribution in [0.15, 0.2) is 35.5 Å². The lowest BCUT2D eigenvalue weighted by Gasteiger charge is -2.44. The summed E-state index contributed by atoms with van der Waals surface area (Å²) in [6, 6.07) is 8.53. The molecule has 1 N–H and O–H groups in total. The summed E-state index contributed by atoms with van der Waals surface area (Å²) >= 11 is 0. The van der Waals surface area contributed by atoms with Crippen LogP contribution in [0.2, 0.25) is 0 Å². The zero-order valence-electron chi connectivity index (χ0n) is 12.9. The lowest BCUT2D eigenvalue weighted by molar-refractivity contribution is -0.138. The van der Waals surface area contributed by atoms with Crippen molar-refractivity contribution in [3.8, 4) is 0 Å². The number of ether oxygens (including phenoxy) is 1. The van der Waals surface area contributed by atoms with Crippen LogP contribution in [0, 0.1) is 0 Å². The van der Waals surface area contributed by atoms with Crippen LogP contribution in [0.1, 0.15) is 50.7 Å². The zero-order valence-corrected chi connectivity index (χ0v) is 12.9. The molecule has 21 heavy (non-hydrogen) atoms. The molecule has 1 aromatic carbocycles. The minimum Gasteiger partial charge on any atom is -0.463 e. The third kappa shape index (κ3) is 2.57. The molecule has 0 radical (unpaired) electrons. The summed E-state index contributed by atoms with van der Waals surface area (Å²) in [5, 5.41) is 3.66. The molecule has 0 fully saturated rings. The van der Waals surface area contributed by atoms with Gasteiger partial charge in [-0.2, -0.15) is 0 Å². The summed E-state index contributed by atoms with van der Waals surface area (Å²) in [4.78, 5) is 12.1. The molecule has 0 aliphatic heterocycles. The number of hydrogen-bond acceptors (Lipinski definition) is 3. The Morgan fingerprint density at radius 3 is 2.81 bits per heavy atom. The van der Waals surface area contributed by atoms with Crippen LogP contribution >= 0.6 is 0 Å². The first-order valence-electron chi connectivity index (χ1n) is 7.90. The maximum absolute atomic E-state index is 12.1. The van der Waals surface area contributed by atoms with E-state index in [2.05, 4.69) is 36.5 Å². The molecule has 1 atom stereocenters. The van der Waals surface area contributed by atoms with Crippen molar-refractivity contribution >= 4 is 5.97 Å². The van der Waals surface area contributed by atoms with Crippen LogP contribution in [0.3, 0.4) is 0 Å². The van der Waals surface area contributed by atoms with Crippen LogP contribution in [-0.4, -0.2) is 12.6 Å². The molecule has 0 aromatic heterocycles. The maximum Gasteiger partial charge on any atom is 0.335 e. The van der Waals surface area contributed by atoms with Crippen molar-refractivity contribution in [1.29, 1.82) is 0 Å². The SMILES string of the molecule is CCOC(=O)C1=C(N[C@]2(C)Cc3ccccc32)CCCC1. The summed E-state index contributed by atoms with van der Waals surface area (Å²) in [7, 11) is 0. The topological polar surface area (TPSA) is 38.3 Å². The Kier molecular flexibility index (Phi) is 3.75. The Bertz CT molecular complexity index is 591. The molecule has 0 saturated heterocycles. The number of carbonyl (C=O) groups excluding carboxylic acids is 1. The molecular formula is C18H23NO2. The third-order valence-electron chi connectivity index (χ3n) is 4.57. The van der Waals surface area contributed by atoms with Gasteiger partial charge in [0.25, 0.3) is 0 Å². The summed E-state index contributed by atoms with van der Waals surface area (Å²) in [5.41, 5.74) is 4.67. The first-order valence-corrected chi connectivity index (χ1v) is 7.90. The van der Waals surface area contributed by atoms with Gasteiger partial charge in [0.1, 0.15) is 0 Å². The van der Waals surface area contributed by atoms with Gasteiger partial charge in [0.05, 0.1) is 17.7 Å². The van der Waals surface area contributed by atoms with Crippen LogP contribution < -0.4 is 5.32 Å². The van der Waals surface area contributed by atoms with Crippen LogP contribution in [0.4, 0.5) is 0 Å². The van der Waals surface area contributed by atoms with Gasteiger partial charge in [0, 0.05) is 5.70 Å². The molecule has 0 amide bonds. The van der Waals surface area contributed by atoms with Crippen LogP contribution in [0.5, 0.6) is 0 Å². The first kappa shape index (κ1) is 14.2. The van der Waals surface area contributed by atoms with Crippen molar-refractivity contribution < 1.29 is 9.53 Å². The normalized spacial score (nSPS) is 24.1. The van der Waals surface area contributed by atoms with Crippen molar-refractivity contribution in [1.82, 2.24) is 5.32 Å². The molecule has 3 heteroatoms. The fraction of sp³-hybridized carbons (Fsp3) is 0.500. The molecule has 0 spiro atoms. The Morgan fingerprint density at radius 1 is 1.29 bits per heavy atom. The average molecular weight is 285 g/mol. The molecule has 0 unspecified atom stereocenters. The monoisotopic (exact) mass is 285 g/mol. The van der Waals surface area contributed by atoms with E-state index >= 15 is 0 Å². The summed E-state index contributed by atoms with van der Waals surface area (Å²) in [6.45, 7) is 4.52. The van der Waals surface area contributed by atoms with Gasteiger partial charge in [-0.05, 0) is 57.1 Å². The molecule has 3 nitrogen and oxygen atoms in total. The smallest absolute Gasteiger partial charge is 0.335 e. The second kappa shape index (κ2) is 5.55. The van der Waals surface area contributed by atoms with Crippen LogP contribution in [-0.2, 0) is 21.5 Å². The van der Waals surface area contributed by atoms with Crippen molar-refractivity contribution in [2.75, 3.05) is 6.61 Å². The van der Waals surface area contributed by atoms with E-state index in [0.29, 0.717) is 6.61 Å². The van der Waals surface area contributed by atoms with E-state index < -0.39 is 0 Å². The molecule has 2 aliphatic carbocycles. The van der Waals surface area contributed by atoms with Gasteiger partial charge in [-0.3, -0.25) is 0 Å². The van der Waals surface area contributed by atoms with Crippen LogP contribution in [0.25, 0.3) is 0 Å². The van der Waals surface area contributed by atoms with Gasteiger partial charge in [-0.25, -0.2) is 4.79 Å². The summed E-state index contributed by atoms with van der Waals surface area (Å²) in [6.07, 6.45) is 5.02. The Labute approximate surface area is 126 Å². The number of benzene rings is 1. The number of esters is 1. The van der Waals surface area contributed by atoms with E-state index in [9.17, 15) is 4.79 Å². The molecule has 112 valence electrons. The summed E-state index contributed by atoms with van der Waals surface area (Å²) < 4.78 is 5.21. The second-order valence-electron chi connectivity index (χ2n) is 6.18. The highest BCUT2D eigenvalue weighted by Crippen LogP contribution is 2.40. The van der Waals surface area contributed by atoms with Crippen molar-refractivity contribution in [2.45, 2.75) is 51.5 Å². The highest BCUT2D eigenvalue weighted by Gasteiger charge is 2.39. The predicted octanol–water partition coefficient (Wildman–Crippen LogP) is 3.44. The van der Waals surface area contributed by atoms with E-state index in [4.69, 9.17) is 4.74 Å². The highest BCUT2D eigenvalue weighted by atomic mass is 16.5. The third-order valence-corrected chi connectivity index (χ3v) is 4.57. The van der Waals surface area contributed by atoms with E-state index in [1.54, 1.807) is 0 Å². The maximum atomic E-state index is 12.1. The lowest BCUT2D eigenvalue weighted by Crippen LogP contribution is -2.49. The Morgan fingerprint density at radius 2 is 2.05 bits per heavy atom. The minimum atomic E-state index is -0.143. The van der Waals surface area contributed by atoms with Crippen molar-refractivity contribution in [3.05, 3.63) is 46.7 Å². The quantitative estimate of drug-likeness (QED) is 0.861. The molecular weight excluding hydrogens is 262 g/mol. The number of rotatable bonds is 4. The van der Waals surface area contributed by atoms with Crippen molar-refractivity contribution in [2.24, 2.45) is 0 Å². The molecule has 3 rings (SSSR count). The predicted molar refractivity (Wildman–Crippen MR) is 82.8 cm³/mol. The standard InChI is InChI=1S/C18H23NO2/c1-3-21-17(20)14-9-5-7-11-16(14)19-18(2)12-13-8-4-6-10-15(13)18/h4,6,8,10,19H,3,5,7,9,11-12H2,1-2H3/t18-/m1/s1. The van der Waals surface area contributed by atoms with Gasteiger partial charge in [0.15, 0.2) is 0 Å². The zero-order chi connectivity index (χ0) is 14.9. The fourth-order valence-corrected chi connectivity index (χ4v) is 3.51. The lowest BCUT2D eigenvalue weighted by atomic mass is 9.71. The number of nitrogens with one attached hydrogen (secondary N) is 1. The van der Waals surface area contributed by atoms with E-state index in [-0.39, 0.29) is 11.5 Å². The average Bonchev–Trinajstić information content (AvgIpc) is 2.47. The molecule has 0 saturated carbocycles. The van der Waals surface area contributed by atoms with Gasteiger partial charge in [0.2, 0.25) is 0 Å². The number of hydrogen-bond donors (Lipinski definition) is 1. The molecule has 0 bridgehead atoms. The molecule has 0 heterocycles. The Balaban J connectivity index is 1.84. The highest BCUT2D eigenvalue weighted by molar-refractivity contribution is 5.89. The van der Waals surface area contributed by atoms with E-state index in [1.807, 2.05) is 6.92 Å². The van der Waals surface area contributed by atoms with Gasteiger partial charge < -0.3 is 10.1 Å². The van der Waals surface area contributed by atoms with E-state index in [1.165, 1.54) is 11.1 Å². The number of allylic oxidation sites excluding steroid dienone is 1. The largest absolute Gasteiger partial charge is 0.463 e. The summed E-state index contributed by atoms with van der Waals surface area (Å²) in [5.74, 6) is -0.143.